The van der Waals surface area contributed by atoms with Gasteiger partial charge in [0.2, 0.25) is 10.0 Å². The molecular formula is C18H28N2O3S. The molecule has 2 rings (SSSR count). The molecule has 1 fully saturated rings. The Morgan fingerprint density at radius 1 is 1.21 bits per heavy atom. The van der Waals surface area contributed by atoms with Crippen LogP contribution in [-0.4, -0.2) is 26.9 Å². The van der Waals surface area contributed by atoms with Crippen LogP contribution in [0.4, 0.5) is 0 Å². The average molecular weight is 353 g/mol. The van der Waals surface area contributed by atoms with E-state index in [2.05, 4.69) is 10.0 Å². The SMILES string of the molecule is CCCCNS(=O)(=O)c1ccc(C)c(C(=O)NC2CCCCC2)c1. The molecule has 2 N–H and O–H groups in total. The molecule has 1 aliphatic rings. The van der Waals surface area contributed by atoms with Crippen LogP contribution in [0.5, 0.6) is 0 Å². The first-order valence-electron chi connectivity index (χ1n) is 8.85. The van der Waals surface area contributed by atoms with E-state index in [0.29, 0.717) is 12.1 Å². The van der Waals surface area contributed by atoms with E-state index in [1.807, 2.05) is 13.8 Å². The maximum atomic E-state index is 12.5. The van der Waals surface area contributed by atoms with Crippen molar-refractivity contribution in [2.45, 2.75) is 69.7 Å². The maximum Gasteiger partial charge on any atom is 0.251 e. The van der Waals surface area contributed by atoms with Crippen molar-refractivity contribution in [3.63, 3.8) is 0 Å². The second kappa shape index (κ2) is 8.62. The molecule has 0 radical (unpaired) electrons. The number of carbonyl (C=O) groups is 1. The predicted octanol–water partition coefficient (Wildman–Crippen LogP) is 3.14. The number of nitrogens with one attached hydrogen (secondary N) is 2. The number of amides is 1. The largest absolute Gasteiger partial charge is 0.349 e. The van der Waals surface area contributed by atoms with Crippen molar-refractivity contribution in [1.82, 2.24) is 10.0 Å². The van der Waals surface area contributed by atoms with Crippen LogP contribution in [0.25, 0.3) is 0 Å². The Bertz CT molecular complexity index is 665. The molecule has 1 aromatic carbocycles. The summed E-state index contributed by atoms with van der Waals surface area (Å²) in [6, 6.07) is 4.95. The molecule has 0 spiro atoms. The number of carbonyl (C=O) groups excluding carboxylic acids is 1. The maximum absolute atomic E-state index is 12.5. The van der Waals surface area contributed by atoms with E-state index >= 15 is 0 Å². The molecule has 0 bridgehead atoms. The molecule has 0 unspecified atom stereocenters. The summed E-state index contributed by atoms with van der Waals surface area (Å²) >= 11 is 0. The Hall–Kier alpha value is -1.40. The van der Waals surface area contributed by atoms with Crippen LogP contribution in [0.2, 0.25) is 0 Å². The second-order valence-electron chi connectivity index (χ2n) is 6.54. The summed E-state index contributed by atoms with van der Waals surface area (Å²) in [7, 11) is -3.57. The smallest absolute Gasteiger partial charge is 0.251 e. The lowest BCUT2D eigenvalue weighted by Gasteiger charge is -2.23. The van der Waals surface area contributed by atoms with Crippen molar-refractivity contribution < 1.29 is 13.2 Å². The molecule has 5 nitrogen and oxygen atoms in total. The third kappa shape index (κ3) is 5.05. The topological polar surface area (TPSA) is 75.3 Å². The van der Waals surface area contributed by atoms with Crippen molar-refractivity contribution in [3.8, 4) is 0 Å². The van der Waals surface area contributed by atoms with Gasteiger partial charge in [-0.05, 0) is 43.9 Å². The molecule has 1 aromatic rings. The normalized spacial score (nSPS) is 16.1. The molecule has 1 saturated carbocycles. The van der Waals surface area contributed by atoms with E-state index in [4.69, 9.17) is 0 Å². The summed E-state index contributed by atoms with van der Waals surface area (Å²) in [4.78, 5) is 12.7. The van der Waals surface area contributed by atoms with Crippen molar-refractivity contribution in [2.24, 2.45) is 0 Å². The zero-order valence-electron chi connectivity index (χ0n) is 14.6. The van der Waals surface area contributed by atoms with E-state index in [-0.39, 0.29) is 16.8 Å². The van der Waals surface area contributed by atoms with Crippen molar-refractivity contribution >= 4 is 15.9 Å². The zero-order valence-corrected chi connectivity index (χ0v) is 15.4. The van der Waals surface area contributed by atoms with Gasteiger partial charge < -0.3 is 5.32 Å². The summed E-state index contributed by atoms with van der Waals surface area (Å²) in [6.07, 6.45) is 7.22. The predicted molar refractivity (Wildman–Crippen MR) is 95.6 cm³/mol. The van der Waals surface area contributed by atoms with Gasteiger partial charge in [0.25, 0.3) is 5.91 Å². The van der Waals surface area contributed by atoms with Gasteiger partial charge in [0.15, 0.2) is 0 Å². The second-order valence-corrected chi connectivity index (χ2v) is 8.30. The van der Waals surface area contributed by atoms with E-state index in [0.717, 1.165) is 44.1 Å². The highest BCUT2D eigenvalue weighted by atomic mass is 32.2. The summed E-state index contributed by atoms with van der Waals surface area (Å²) in [5.41, 5.74) is 1.23. The minimum absolute atomic E-state index is 0.151. The highest BCUT2D eigenvalue weighted by Crippen LogP contribution is 2.20. The third-order valence-corrected chi connectivity index (χ3v) is 5.99. The lowest BCUT2D eigenvalue weighted by Crippen LogP contribution is -2.36. The Kier molecular flexibility index (Phi) is 6.80. The first-order chi connectivity index (χ1) is 11.4. The fourth-order valence-electron chi connectivity index (χ4n) is 2.99. The highest BCUT2D eigenvalue weighted by molar-refractivity contribution is 7.89. The van der Waals surface area contributed by atoms with Gasteiger partial charge in [-0.3, -0.25) is 4.79 Å². The minimum atomic E-state index is -3.57. The van der Waals surface area contributed by atoms with E-state index in [1.165, 1.54) is 12.5 Å². The summed E-state index contributed by atoms with van der Waals surface area (Å²) in [5.74, 6) is -0.176. The van der Waals surface area contributed by atoms with Gasteiger partial charge >= 0.3 is 0 Å². The first kappa shape index (κ1) is 18.9. The molecule has 0 aromatic heterocycles. The molecule has 1 aliphatic carbocycles. The fourth-order valence-corrected chi connectivity index (χ4v) is 4.09. The van der Waals surface area contributed by atoms with Crippen LogP contribution in [0, 0.1) is 6.92 Å². The summed E-state index contributed by atoms with van der Waals surface area (Å²) < 4.78 is 27.3. The average Bonchev–Trinajstić information content (AvgIpc) is 2.56. The molecule has 0 saturated heterocycles. The Morgan fingerprint density at radius 2 is 1.92 bits per heavy atom. The molecule has 0 aliphatic heterocycles. The quantitative estimate of drug-likeness (QED) is 0.740. The lowest BCUT2D eigenvalue weighted by molar-refractivity contribution is 0.0927. The molecular weight excluding hydrogens is 324 g/mol. The van der Waals surface area contributed by atoms with Gasteiger partial charge in [0.1, 0.15) is 0 Å². The van der Waals surface area contributed by atoms with Gasteiger partial charge in [-0.25, -0.2) is 13.1 Å². The monoisotopic (exact) mass is 352 g/mol. The molecule has 0 heterocycles. The number of unbranched alkanes of at least 4 members (excludes halogenated alkanes) is 1. The third-order valence-electron chi connectivity index (χ3n) is 4.53. The van der Waals surface area contributed by atoms with E-state index in [9.17, 15) is 13.2 Å². The van der Waals surface area contributed by atoms with Crippen LogP contribution in [0.15, 0.2) is 23.1 Å². The minimum Gasteiger partial charge on any atom is -0.349 e. The number of rotatable bonds is 7. The van der Waals surface area contributed by atoms with Crippen molar-refractivity contribution in [2.75, 3.05) is 6.54 Å². The Labute approximate surface area is 145 Å². The summed E-state index contributed by atoms with van der Waals surface area (Å²) in [5, 5.41) is 3.05. The number of aryl methyl sites for hydroxylation is 1. The van der Waals surface area contributed by atoms with Gasteiger partial charge in [0, 0.05) is 18.2 Å². The zero-order chi connectivity index (χ0) is 17.6. The number of hydrogen-bond donors (Lipinski definition) is 2. The van der Waals surface area contributed by atoms with Crippen LogP contribution in [0.1, 0.15) is 67.8 Å². The number of sulfonamides is 1. The van der Waals surface area contributed by atoms with Crippen LogP contribution in [0.3, 0.4) is 0 Å². The molecule has 24 heavy (non-hydrogen) atoms. The van der Waals surface area contributed by atoms with Crippen molar-refractivity contribution in [1.29, 1.82) is 0 Å². The Balaban J connectivity index is 2.13. The molecule has 1 amide bonds. The first-order valence-corrected chi connectivity index (χ1v) is 10.3. The van der Waals surface area contributed by atoms with Gasteiger partial charge in [0.05, 0.1) is 4.90 Å². The highest BCUT2D eigenvalue weighted by Gasteiger charge is 2.20. The van der Waals surface area contributed by atoms with Crippen LogP contribution >= 0.6 is 0 Å². The van der Waals surface area contributed by atoms with Gasteiger partial charge in [-0.15, -0.1) is 0 Å². The van der Waals surface area contributed by atoms with Gasteiger partial charge in [-0.2, -0.15) is 0 Å². The molecule has 134 valence electrons. The van der Waals surface area contributed by atoms with Crippen molar-refractivity contribution in [3.05, 3.63) is 29.3 Å². The summed E-state index contributed by atoms with van der Waals surface area (Å²) in [6.45, 7) is 4.25. The molecule has 6 heteroatoms. The number of hydrogen-bond acceptors (Lipinski definition) is 3. The fraction of sp³-hybridized carbons (Fsp3) is 0.611. The molecule has 0 atom stereocenters. The standard InChI is InChI=1S/C18H28N2O3S/c1-3-4-12-19-24(22,23)16-11-10-14(2)17(13-16)18(21)20-15-8-6-5-7-9-15/h10-11,13,15,19H,3-9,12H2,1-2H3,(H,20,21). The Morgan fingerprint density at radius 3 is 2.58 bits per heavy atom. The van der Waals surface area contributed by atoms with E-state index < -0.39 is 10.0 Å². The van der Waals surface area contributed by atoms with Crippen LogP contribution in [-0.2, 0) is 10.0 Å². The van der Waals surface area contributed by atoms with Crippen LogP contribution < -0.4 is 10.0 Å². The van der Waals surface area contributed by atoms with Gasteiger partial charge in [-0.1, -0.05) is 38.7 Å². The number of benzene rings is 1. The lowest BCUT2D eigenvalue weighted by atomic mass is 9.95. The van der Waals surface area contributed by atoms with E-state index in [1.54, 1.807) is 12.1 Å².